The van der Waals surface area contributed by atoms with Gasteiger partial charge in [0.25, 0.3) is 0 Å². The highest BCUT2D eigenvalue weighted by Crippen LogP contribution is 2.31. The molecule has 0 aromatic heterocycles. The summed E-state index contributed by atoms with van der Waals surface area (Å²) in [6.45, 7) is 3.85. The zero-order valence-corrected chi connectivity index (χ0v) is 10.3. The Morgan fingerprint density at radius 1 is 1.19 bits per heavy atom. The lowest BCUT2D eigenvalue weighted by atomic mass is 9.78. The summed E-state index contributed by atoms with van der Waals surface area (Å²) in [6, 6.07) is 0.118. The third kappa shape index (κ3) is 3.22. The first-order chi connectivity index (χ1) is 7.56. The molecule has 4 nitrogen and oxygen atoms in total. The van der Waals surface area contributed by atoms with Gasteiger partial charge in [-0.1, -0.05) is 12.8 Å². The van der Waals surface area contributed by atoms with Crippen LogP contribution in [0.3, 0.4) is 0 Å². The Labute approximate surface area is 96.7 Å². The summed E-state index contributed by atoms with van der Waals surface area (Å²) in [5.74, 6) is -0.713. The molecule has 1 aliphatic rings. The maximum atomic E-state index is 11.9. The Hall–Kier alpha value is -1.06. The third-order valence-corrected chi connectivity index (χ3v) is 3.04. The standard InChI is InChI=1S/C12H21NO3/c1-8(2)13-11(14)9-6-4-5-7-10(9)12(15)16-3/h8-10H,4-7H2,1-3H3,(H,13,14)/t9-,10+/m1/s1. The molecule has 16 heavy (non-hydrogen) atoms. The molecular formula is C12H21NO3. The molecule has 1 aliphatic carbocycles. The van der Waals surface area contributed by atoms with Crippen LogP contribution in [0.1, 0.15) is 39.5 Å². The lowest BCUT2D eigenvalue weighted by Gasteiger charge is -2.29. The summed E-state index contributed by atoms with van der Waals surface area (Å²) in [4.78, 5) is 23.5. The number of methoxy groups -OCH3 is 1. The summed E-state index contributed by atoms with van der Waals surface area (Å²) in [5.41, 5.74) is 0. The fourth-order valence-electron chi connectivity index (χ4n) is 2.27. The number of rotatable bonds is 3. The van der Waals surface area contributed by atoms with Gasteiger partial charge in [0.05, 0.1) is 18.9 Å². The number of carbonyl (C=O) groups excluding carboxylic acids is 2. The van der Waals surface area contributed by atoms with Gasteiger partial charge >= 0.3 is 5.97 Å². The molecule has 1 amide bonds. The molecule has 0 unspecified atom stereocenters. The minimum atomic E-state index is -0.252. The van der Waals surface area contributed by atoms with E-state index in [1.165, 1.54) is 7.11 Å². The van der Waals surface area contributed by atoms with Gasteiger partial charge in [0.1, 0.15) is 0 Å². The van der Waals surface area contributed by atoms with Crippen molar-refractivity contribution in [1.82, 2.24) is 5.32 Å². The highest BCUT2D eigenvalue weighted by Gasteiger charge is 2.36. The maximum absolute atomic E-state index is 11.9. The number of hydrogen-bond donors (Lipinski definition) is 1. The minimum Gasteiger partial charge on any atom is -0.469 e. The molecule has 0 spiro atoms. The Balaban J connectivity index is 2.66. The van der Waals surface area contributed by atoms with E-state index in [0.717, 1.165) is 25.7 Å². The summed E-state index contributed by atoms with van der Waals surface area (Å²) in [6.07, 6.45) is 3.58. The maximum Gasteiger partial charge on any atom is 0.309 e. The van der Waals surface area contributed by atoms with Gasteiger partial charge in [-0.05, 0) is 26.7 Å². The molecule has 1 saturated carbocycles. The van der Waals surface area contributed by atoms with E-state index in [1.807, 2.05) is 13.8 Å². The molecule has 0 bridgehead atoms. The van der Waals surface area contributed by atoms with Crippen molar-refractivity contribution in [3.63, 3.8) is 0 Å². The van der Waals surface area contributed by atoms with E-state index in [1.54, 1.807) is 0 Å². The number of esters is 1. The van der Waals surface area contributed by atoms with Gasteiger partial charge in [-0.25, -0.2) is 0 Å². The van der Waals surface area contributed by atoms with Gasteiger partial charge in [0.15, 0.2) is 0 Å². The SMILES string of the molecule is COC(=O)[C@H]1CCCC[C@H]1C(=O)NC(C)C. The minimum absolute atomic E-state index is 0.00917. The number of nitrogens with one attached hydrogen (secondary N) is 1. The quantitative estimate of drug-likeness (QED) is 0.743. The zero-order chi connectivity index (χ0) is 12.1. The first kappa shape index (κ1) is 13.0. The fraction of sp³-hybridized carbons (Fsp3) is 0.833. The highest BCUT2D eigenvalue weighted by molar-refractivity contribution is 5.85. The second-order valence-electron chi connectivity index (χ2n) is 4.68. The molecule has 1 fully saturated rings. The predicted molar refractivity (Wildman–Crippen MR) is 60.7 cm³/mol. The highest BCUT2D eigenvalue weighted by atomic mass is 16.5. The smallest absolute Gasteiger partial charge is 0.309 e. The Morgan fingerprint density at radius 2 is 1.75 bits per heavy atom. The molecule has 92 valence electrons. The van der Waals surface area contributed by atoms with Crippen LogP contribution in [0, 0.1) is 11.8 Å². The van der Waals surface area contributed by atoms with Crippen LogP contribution in [-0.2, 0) is 14.3 Å². The van der Waals surface area contributed by atoms with Crippen LogP contribution in [-0.4, -0.2) is 25.0 Å². The first-order valence-corrected chi connectivity index (χ1v) is 5.94. The molecule has 0 saturated heterocycles. The van der Waals surface area contributed by atoms with Crippen molar-refractivity contribution >= 4 is 11.9 Å². The van der Waals surface area contributed by atoms with Crippen LogP contribution in [0.4, 0.5) is 0 Å². The fourth-order valence-corrected chi connectivity index (χ4v) is 2.27. The predicted octanol–water partition coefficient (Wildman–Crippen LogP) is 1.49. The molecule has 2 atom stereocenters. The van der Waals surface area contributed by atoms with Crippen molar-refractivity contribution in [1.29, 1.82) is 0 Å². The lowest BCUT2D eigenvalue weighted by Crippen LogP contribution is -2.42. The molecule has 4 heteroatoms. The second-order valence-corrected chi connectivity index (χ2v) is 4.68. The van der Waals surface area contributed by atoms with E-state index in [-0.39, 0.29) is 29.8 Å². The average molecular weight is 227 g/mol. The van der Waals surface area contributed by atoms with Crippen LogP contribution in [0.25, 0.3) is 0 Å². The van der Waals surface area contributed by atoms with Crippen LogP contribution in [0.2, 0.25) is 0 Å². The molecule has 0 radical (unpaired) electrons. The van der Waals surface area contributed by atoms with Gasteiger partial charge in [-0.3, -0.25) is 9.59 Å². The van der Waals surface area contributed by atoms with Crippen molar-refractivity contribution in [3.05, 3.63) is 0 Å². The molecular weight excluding hydrogens is 206 g/mol. The molecule has 0 aliphatic heterocycles. The van der Waals surface area contributed by atoms with Crippen molar-refractivity contribution in [3.8, 4) is 0 Å². The van der Waals surface area contributed by atoms with Gasteiger partial charge in [0, 0.05) is 6.04 Å². The second kappa shape index (κ2) is 5.87. The number of ether oxygens (including phenoxy) is 1. The summed E-state index contributed by atoms with van der Waals surface area (Å²) in [7, 11) is 1.38. The number of hydrogen-bond acceptors (Lipinski definition) is 3. The first-order valence-electron chi connectivity index (χ1n) is 5.94. The van der Waals surface area contributed by atoms with Gasteiger partial charge in [0.2, 0.25) is 5.91 Å². The van der Waals surface area contributed by atoms with E-state index in [9.17, 15) is 9.59 Å². The van der Waals surface area contributed by atoms with Crippen molar-refractivity contribution in [2.75, 3.05) is 7.11 Å². The average Bonchev–Trinajstić information content (AvgIpc) is 2.27. The van der Waals surface area contributed by atoms with E-state index >= 15 is 0 Å². The normalized spacial score (nSPS) is 25.2. The lowest BCUT2D eigenvalue weighted by molar-refractivity contribution is -0.152. The zero-order valence-electron chi connectivity index (χ0n) is 10.3. The summed E-state index contributed by atoms with van der Waals surface area (Å²) < 4.78 is 4.76. The van der Waals surface area contributed by atoms with Gasteiger partial charge in [-0.2, -0.15) is 0 Å². The molecule has 0 aromatic rings. The van der Waals surface area contributed by atoms with E-state index in [0.29, 0.717) is 0 Å². The Kier molecular flexibility index (Phi) is 4.77. The number of carbonyl (C=O) groups is 2. The summed E-state index contributed by atoms with van der Waals surface area (Å²) in [5, 5.41) is 2.87. The van der Waals surface area contributed by atoms with Crippen LogP contribution in [0.15, 0.2) is 0 Å². The molecule has 0 heterocycles. The summed E-state index contributed by atoms with van der Waals surface area (Å²) >= 11 is 0. The number of amides is 1. The van der Waals surface area contributed by atoms with Crippen molar-refractivity contribution < 1.29 is 14.3 Å². The van der Waals surface area contributed by atoms with Crippen LogP contribution in [0.5, 0.6) is 0 Å². The van der Waals surface area contributed by atoms with Crippen molar-refractivity contribution in [2.24, 2.45) is 11.8 Å². The Morgan fingerprint density at radius 3 is 2.25 bits per heavy atom. The Bertz CT molecular complexity index is 263. The third-order valence-electron chi connectivity index (χ3n) is 3.04. The van der Waals surface area contributed by atoms with Gasteiger partial charge < -0.3 is 10.1 Å². The monoisotopic (exact) mass is 227 g/mol. The topological polar surface area (TPSA) is 55.4 Å². The van der Waals surface area contributed by atoms with Gasteiger partial charge in [-0.15, -0.1) is 0 Å². The molecule has 0 aromatic carbocycles. The molecule has 1 rings (SSSR count). The van der Waals surface area contributed by atoms with Crippen molar-refractivity contribution in [2.45, 2.75) is 45.6 Å². The van der Waals surface area contributed by atoms with E-state index in [4.69, 9.17) is 4.74 Å². The molecule has 1 N–H and O–H groups in total. The largest absolute Gasteiger partial charge is 0.469 e. The van der Waals surface area contributed by atoms with E-state index < -0.39 is 0 Å². The van der Waals surface area contributed by atoms with Crippen LogP contribution < -0.4 is 5.32 Å². The van der Waals surface area contributed by atoms with Crippen LogP contribution >= 0.6 is 0 Å². The van der Waals surface area contributed by atoms with E-state index in [2.05, 4.69) is 5.32 Å².